The third-order valence-corrected chi connectivity index (χ3v) is 4.82. The summed E-state index contributed by atoms with van der Waals surface area (Å²) in [5.74, 6) is -5.13. The van der Waals surface area contributed by atoms with Crippen LogP contribution in [0.1, 0.15) is 12.8 Å². The number of carbonyl (C=O) groups is 4. The van der Waals surface area contributed by atoms with E-state index in [2.05, 4.69) is 6.58 Å². The quantitative estimate of drug-likeness (QED) is 0.193. The molecule has 0 aromatic heterocycles. The van der Waals surface area contributed by atoms with Crippen LogP contribution in [0.2, 0.25) is 0 Å². The van der Waals surface area contributed by atoms with Gasteiger partial charge in [-0.05, 0) is 29.8 Å². The smallest absolute Gasteiger partial charge is 0.307 e. The monoisotopic (exact) mass is 484 g/mol. The maximum Gasteiger partial charge on any atom is 0.307 e. The first kappa shape index (κ1) is 26.9. The van der Waals surface area contributed by atoms with Crippen molar-refractivity contribution in [3.05, 3.63) is 72.8 Å². The molecule has 186 valence electrons. The molecule has 2 aromatic carbocycles. The van der Waals surface area contributed by atoms with Crippen LogP contribution in [0.25, 0.3) is 0 Å². The van der Waals surface area contributed by atoms with Crippen LogP contribution >= 0.6 is 0 Å². The van der Waals surface area contributed by atoms with Crippen molar-refractivity contribution in [1.82, 2.24) is 0 Å². The van der Waals surface area contributed by atoms with Gasteiger partial charge in [-0.2, -0.15) is 0 Å². The number of aliphatic carboxylic acids is 2. The van der Waals surface area contributed by atoms with E-state index in [1.807, 2.05) is 0 Å². The van der Waals surface area contributed by atoms with Gasteiger partial charge < -0.3 is 38.7 Å². The van der Waals surface area contributed by atoms with Crippen LogP contribution in [0.4, 0.5) is 0 Å². The van der Waals surface area contributed by atoms with Crippen molar-refractivity contribution in [2.45, 2.75) is 12.8 Å². The molecule has 0 saturated heterocycles. The summed E-state index contributed by atoms with van der Waals surface area (Å²) >= 11 is 0. The Bertz CT molecular complexity index is 956. The van der Waals surface area contributed by atoms with Crippen molar-refractivity contribution in [1.29, 1.82) is 0 Å². The molecule has 0 unspecified atom stereocenters. The largest absolute Gasteiger partial charge is 0.549 e. The van der Waals surface area contributed by atoms with Crippen molar-refractivity contribution in [3.8, 4) is 11.5 Å². The van der Waals surface area contributed by atoms with Gasteiger partial charge in [0.25, 0.3) is 0 Å². The molecule has 0 saturated carbocycles. The Balaban J connectivity index is 1.94. The molecule has 2 aromatic rings. The molecule has 35 heavy (non-hydrogen) atoms. The number of hydrogen-bond acceptors (Lipinski definition) is 10. The number of rotatable bonds is 15. The first-order valence-corrected chi connectivity index (χ1v) is 10.5. The highest BCUT2D eigenvalue weighted by Gasteiger charge is 2.41. The van der Waals surface area contributed by atoms with Gasteiger partial charge in [0.05, 0.1) is 30.2 Å². The number of esters is 2. The molecular formula is C25H24O10-2. The van der Waals surface area contributed by atoms with E-state index >= 15 is 0 Å². The zero-order valence-electron chi connectivity index (χ0n) is 18.8. The van der Waals surface area contributed by atoms with Crippen molar-refractivity contribution < 1.29 is 48.3 Å². The summed E-state index contributed by atoms with van der Waals surface area (Å²) in [5, 5.41) is 23.3. The summed E-state index contributed by atoms with van der Waals surface area (Å²) in [6.07, 6.45) is -2.08. The number of ether oxygens (including phenoxy) is 4. The van der Waals surface area contributed by atoms with Crippen LogP contribution in [-0.4, -0.2) is 50.3 Å². The number of benzene rings is 2. The van der Waals surface area contributed by atoms with E-state index in [4.69, 9.17) is 18.9 Å². The van der Waals surface area contributed by atoms with Gasteiger partial charge >= 0.3 is 11.9 Å². The maximum absolute atomic E-state index is 12.3. The van der Waals surface area contributed by atoms with E-state index in [9.17, 15) is 29.4 Å². The van der Waals surface area contributed by atoms with Crippen molar-refractivity contribution >= 4 is 23.9 Å². The molecule has 0 heterocycles. The highest BCUT2D eigenvalue weighted by atomic mass is 16.6. The van der Waals surface area contributed by atoms with Crippen LogP contribution in [0, 0.1) is 5.41 Å². The Hall–Kier alpha value is -4.34. The van der Waals surface area contributed by atoms with Crippen LogP contribution in [-0.2, 0) is 28.7 Å². The minimum Gasteiger partial charge on any atom is -0.549 e. The molecule has 0 N–H and O–H groups in total. The first-order chi connectivity index (χ1) is 16.7. The second-order valence-electron chi connectivity index (χ2n) is 7.25. The number of para-hydroxylation sites is 2. The molecule has 2 rings (SSSR count). The zero-order valence-corrected chi connectivity index (χ0v) is 18.8. The lowest BCUT2D eigenvalue weighted by molar-refractivity contribution is -0.322. The van der Waals surface area contributed by atoms with Gasteiger partial charge in [0.2, 0.25) is 0 Å². The molecule has 0 aliphatic carbocycles. The van der Waals surface area contributed by atoms with Crippen LogP contribution in [0.5, 0.6) is 11.5 Å². The summed E-state index contributed by atoms with van der Waals surface area (Å²) in [4.78, 5) is 48.0. The van der Waals surface area contributed by atoms with Gasteiger partial charge in [0.15, 0.2) is 0 Å². The number of carboxylic acid groups (broad SMARTS) is 2. The minimum absolute atomic E-state index is 0.0427. The van der Waals surface area contributed by atoms with E-state index in [-0.39, 0.29) is 26.4 Å². The maximum atomic E-state index is 12.3. The second kappa shape index (κ2) is 13.4. The number of carboxylic acids is 2. The van der Waals surface area contributed by atoms with Gasteiger partial charge in [0.1, 0.15) is 37.9 Å². The molecule has 0 atom stereocenters. The third-order valence-electron chi connectivity index (χ3n) is 4.82. The lowest BCUT2D eigenvalue weighted by Crippen LogP contribution is -2.50. The van der Waals surface area contributed by atoms with Crippen LogP contribution in [0.15, 0.2) is 72.8 Å². The molecule has 0 bridgehead atoms. The Labute approximate surface area is 201 Å². The third kappa shape index (κ3) is 8.50. The topological polar surface area (TPSA) is 151 Å². The van der Waals surface area contributed by atoms with Gasteiger partial charge in [-0.3, -0.25) is 9.59 Å². The fourth-order valence-electron chi connectivity index (χ4n) is 3.00. The second-order valence-corrected chi connectivity index (χ2v) is 7.25. The Kier molecular flexibility index (Phi) is 10.3. The fourth-order valence-corrected chi connectivity index (χ4v) is 3.00. The van der Waals surface area contributed by atoms with E-state index in [0.717, 1.165) is 0 Å². The van der Waals surface area contributed by atoms with Crippen LogP contribution in [0.3, 0.4) is 0 Å². The summed E-state index contributed by atoms with van der Waals surface area (Å²) < 4.78 is 20.6. The predicted octanol–water partition coefficient (Wildman–Crippen LogP) is 0.0534. The highest BCUT2D eigenvalue weighted by molar-refractivity contribution is 5.99. The Morgan fingerprint density at radius 3 is 1.43 bits per heavy atom. The highest BCUT2D eigenvalue weighted by Crippen LogP contribution is 2.35. The molecule has 0 spiro atoms. The van der Waals surface area contributed by atoms with Crippen LogP contribution < -0.4 is 19.7 Å². The average Bonchev–Trinajstić information content (AvgIpc) is 2.84. The molecule has 0 aliphatic rings. The SMILES string of the molecule is C=C(C(=O)[O-])C(CC(=O)OCCOc1ccccc1)(CC(=O)OCCOc1ccccc1)C(=O)[O-]. The molecule has 10 nitrogen and oxygen atoms in total. The molecule has 0 aliphatic heterocycles. The van der Waals surface area contributed by atoms with Crippen molar-refractivity contribution in [2.24, 2.45) is 5.41 Å². The summed E-state index contributed by atoms with van der Waals surface area (Å²) in [5.41, 5.74) is -3.65. The minimum atomic E-state index is -2.63. The van der Waals surface area contributed by atoms with Crippen molar-refractivity contribution in [3.63, 3.8) is 0 Å². The van der Waals surface area contributed by atoms with Gasteiger partial charge in [0, 0.05) is 0 Å². The molecule has 0 radical (unpaired) electrons. The number of hydrogen-bond donors (Lipinski definition) is 0. The molecule has 0 fully saturated rings. The molecular weight excluding hydrogens is 460 g/mol. The van der Waals surface area contributed by atoms with E-state index in [1.54, 1.807) is 60.7 Å². The van der Waals surface area contributed by atoms with Gasteiger partial charge in [-0.15, -0.1) is 0 Å². The van der Waals surface area contributed by atoms with E-state index in [0.29, 0.717) is 11.5 Å². The summed E-state index contributed by atoms with van der Waals surface area (Å²) in [6.45, 7) is 2.59. The average molecular weight is 484 g/mol. The van der Waals surface area contributed by atoms with Gasteiger partial charge in [-0.1, -0.05) is 43.0 Å². The zero-order chi connectivity index (χ0) is 25.7. The Morgan fingerprint density at radius 2 is 1.09 bits per heavy atom. The normalized spacial score (nSPS) is 10.6. The van der Waals surface area contributed by atoms with E-state index < -0.39 is 47.7 Å². The molecule has 0 amide bonds. The van der Waals surface area contributed by atoms with Gasteiger partial charge in [-0.25, -0.2) is 0 Å². The standard InChI is InChI=1S/C25H26O10/c1-18(23(28)29)25(24(30)31,16-21(26)34-14-12-32-19-8-4-2-5-9-19)17-22(27)35-15-13-33-20-10-6-3-7-11-20/h2-11H,1,12-17H2,(H,28,29)(H,30,31)/p-2. The predicted molar refractivity (Wildman–Crippen MR) is 117 cm³/mol. The lowest BCUT2D eigenvalue weighted by atomic mass is 9.75. The Morgan fingerprint density at radius 1 is 0.686 bits per heavy atom. The lowest BCUT2D eigenvalue weighted by Gasteiger charge is -2.35. The van der Waals surface area contributed by atoms with E-state index in [1.165, 1.54) is 0 Å². The number of carbonyl (C=O) groups excluding carboxylic acids is 4. The summed E-state index contributed by atoms with van der Waals surface area (Å²) in [6, 6.07) is 17.3. The first-order valence-electron chi connectivity index (χ1n) is 10.5. The fraction of sp³-hybridized carbons (Fsp3) is 0.280. The summed E-state index contributed by atoms with van der Waals surface area (Å²) in [7, 11) is 0. The molecule has 10 heteroatoms. The van der Waals surface area contributed by atoms with Crippen molar-refractivity contribution in [2.75, 3.05) is 26.4 Å².